The van der Waals surface area contributed by atoms with E-state index in [0.29, 0.717) is 11.4 Å². The Morgan fingerprint density at radius 1 is 1.09 bits per heavy atom. The van der Waals surface area contributed by atoms with Gasteiger partial charge in [-0.05, 0) is 32.9 Å². The molecule has 2 aromatic rings. The minimum absolute atomic E-state index is 0.101. The summed E-state index contributed by atoms with van der Waals surface area (Å²) in [6.07, 6.45) is 0. The number of aliphatic hydroxyl groups is 2. The average molecular weight is 309 g/mol. The van der Waals surface area contributed by atoms with Crippen molar-refractivity contribution in [3.05, 3.63) is 46.7 Å². The first kappa shape index (κ1) is 16.2. The number of nitrogens with one attached hydrogen (secondary N) is 1. The van der Waals surface area contributed by atoms with Crippen molar-refractivity contribution in [3.63, 3.8) is 0 Å². The van der Waals surface area contributed by atoms with Crippen LogP contribution in [0.4, 0.5) is 4.39 Å². The van der Waals surface area contributed by atoms with Crippen LogP contribution in [0.15, 0.2) is 18.2 Å². The van der Waals surface area contributed by atoms with Crippen LogP contribution in [0.3, 0.4) is 0 Å². The molecule has 0 bridgehead atoms. The number of halogens is 1. The van der Waals surface area contributed by atoms with Crippen LogP contribution in [0.1, 0.15) is 22.6 Å². The molecule has 1 aromatic carbocycles. The number of hydrogen-bond donors (Lipinski definition) is 4. The van der Waals surface area contributed by atoms with Crippen LogP contribution in [-0.4, -0.2) is 25.4 Å². The van der Waals surface area contributed by atoms with Crippen LogP contribution in [0.25, 0.3) is 0 Å². The molecule has 0 saturated heterocycles. The molecule has 118 valence electrons. The lowest BCUT2D eigenvalue weighted by Gasteiger charge is -2.23. The molecule has 7 nitrogen and oxygen atoms in total. The van der Waals surface area contributed by atoms with Gasteiger partial charge in [0.2, 0.25) is 5.88 Å². The molecule has 22 heavy (non-hydrogen) atoms. The number of aryl methyl sites for hydroxylation is 3. The number of ether oxygens (including phenoxy) is 1. The molecule has 0 radical (unpaired) electrons. The molecule has 1 heterocycles. The van der Waals surface area contributed by atoms with E-state index in [1.54, 1.807) is 20.8 Å². The molecule has 8 heteroatoms. The van der Waals surface area contributed by atoms with Gasteiger partial charge in [0, 0.05) is 0 Å². The molecule has 0 saturated carbocycles. The molecule has 0 aliphatic heterocycles. The zero-order valence-electron chi connectivity index (χ0n) is 12.3. The standard InChI is InChI=1S/C14H16FN3O4/c1-7-8(2)17-13(9(3)16-7)22-11-6-4-5-10(15)12(11)14(19,20)18-21/h4-6,18-21H,1-3H3. The van der Waals surface area contributed by atoms with Gasteiger partial charge in [-0.3, -0.25) is 4.98 Å². The zero-order chi connectivity index (χ0) is 16.5. The van der Waals surface area contributed by atoms with E-state index in [1.807, 2.05) is 0 Å². The van der Waals surface area contributed by atoms with Crippen LogP contribution in [-0.2, 0) is 5.91 Å². The van der Waals surface area contributed by atoms with Gasteiger partial charge in [0.1, 0.15) is 22.8 Å². The first-order chi connectivity index (χ1) is 10.3. The van der Waals surface area contributed by atoms with Gasteiger partial charge in [0.05, 0.1) is 11.4 Å². The number of hydrogen-bond acceptors (Lipinski definition) is 7. The van der Waals surface area contributed by atoms with Crippen molar-refractivity contribution in [3.8, 4) is 11.6 Å². The second-order valence-electron chi connectivity index (χ2n) is 4.78. The highest BCUT2D eigenvalue weighted by Gasteiger charge is 2.33. The third kappa shape index (κ3) is 3.04. The Morgan fingerprint density at radius 2 is 1.73 bits per heavy atom. The van der Waals surface area contributed by atoms with Gasteiger partial charge in [-0.15, -0.1) is 5.48 Å². The Bertz CT molecular complexity index is 707. The Hall–Kier alpha value is -2.13. The van der Waals surface area contributed by atoms with Crippen molar-refractivity contribution in [1.82, 2.24) is 15.4 Å². The first-order valence-corrected chi connectivity index (χ1v) is 6.41. The third-order valence-corrected chi connectivity index (χ3v) is 3.12. The normalized spacial score (nSPS) is 11.6. The van der Waals surface area contributed by atoms with Gasteiger partial charge in [0.15, 0.2) is 0 Å². The van der Waals surface area contributed by atoms with Crippen LogP contribution in [0, 0.1) is 26.6 Å². The van der Waals surface area contributed by atoms with Crippen molar-refractivity contribution in [2.75, 3.05) is 0 Å². The minimum atomic E-state index is -3.01. The molecule has 0 amide bonds. The summed E-state index contributed by atoms with van der Waals surface area (Å²) in [7, 11) is 0. The van der Waals surface area contributed by atoms with Crippen LogP contribution in [0.5, 0.6) is 11.6 Å². The van der Waals surface area contributed by atoms with E-state index >= 15 is 0 Å². The monoisotopic (exact) mass is 309 g/mol. The molecule has 0 spiro atoms. The molecular weight excluding hydrogens is 293 g/mol. The van der Waals surface area contributed by atoms with Crippen molar-refractivity contribution in [1.29, 1.82) is 0 Å². The summed E-state index contributed by atoms with van der Waals surface area (Å²) in [5.41, 5.74) is 2.35. The van der Waals surface area contributed by atoms with Gasteiger partial charge in [-0.1, -0.05) is 6.07 Å². The smallest absolute Gasteiger partial charge is 0.279 e. The quantitative estimate of drug-likeness (QED) is 0.499. The summed E-state index contributed by atoms with van der Waals surface area (Å²) >= 11 is 0. The molecule has 0 aliphatic carbocycles. The molecule has 0 unspecified atom stereocenters. The fourth-order valence-electron chi connectivity index (χ4n) is 1.88. The topological polar surface area (TPSA) is 108 Å². The summed E-state index contributed by atoms with van der Waals surface area (Å²) in [6, 6.07) is 3.64. The van der Waals surface area contributed by atoms with Crippen molar-refractivity contribution < 1.29 is 24.5 Å². The molecule has 0 fully saturated rings. The van der Waals surface area contributed by atoms with Crippen LogP contribution < -0.4 is 10.2 Å². The number of aromatic nitrogens is 2. The molecular formula is C14H16FN3O4. The number of benzene rings is 1. The lowest BCUT2D eigenvalue weighted by molar-refractivity contribution is -0.252. The minimum Gasteiger partial charge on any atom is -0.437 e. The van der Waals surface area contributed by atoms with Gasteiger partial charge in [-0.25, -0.2) is 9.37 Å². The lowest BCUT2D eigenvalue weighted by atomic mass is 10.1. The van der Waals surface area contributed by atoms with Crippen LogP contribution >= 0.6 is 0 Å². The highest BCUT2D eigenvalue weighted by Crippen LogP contribution is 2.33. The van der Waals surface area contributed by atoms with Crippen molar-refractivity contribution >= 4 is 0 Å². The SMILES string of the molecule is Cc1nc(C)c(Oc2cccc(F)c2C(O)(O)NO)nc1C. The summed E-state index contributed by atoms with van der Waals surface area (Å²) in [4.78, 5) is 8.43. The maximum atomic E-state index is 13.9. The zero-order valence-corrected chi connectivity index (χ0v) is 12.3. The Morgan fingerprint density at radius 3 is 2.36 bits per heavy atom. The maximum Gasteiger partial charge on any atom is 0.279 e. The number of hydroxylamine groups is 1. The van der Waals surface area contributed by atoms with E-state index in [1.165, 1.54) is 17.6 Å². The van der Waals surface area contributed by atoms with E-state index < -0.39 is 17.3 Å². The summed E-state index contributed by atoms with van der Waals surface area (Å²) in [6.45, 7) is 5.18. The summed E-state index contributed by atoms with van der Waals surface area (Å²) in [5, 5.41) is 28.1. The highest BCUT2D eigenvalue weighted by molar-refractivity contribution is 5.40. The number of nitrogens with zero attached hydrogens (tertiary/aromatic N) is 2. The Labute approximate surface area is 126 Å². The summed E-state index contributed by atoms with van der Waals surface area (Å²) in [5.74, 6) is -4.10. The van der Waals surface area contributed by atoms with Crippen molar-refractivity contribution in [2.24, 2.45) is 0 Å². The predicted octanol–water partition coefficient (Wildman–Crippen LogP) is 1.41. The highest BCUT2D eigenvalue weighted by atomic mass is 19.1. The van der Waals surface area contributed by atoms with E-state index in [4.69, 9.17) is 9.94 Å². The number of rotatable bonds is 4. The largest absolute Gasteiger partial charge is 0.437 e. The van der Waals surface area contributed by atoms with Crippen LogP contribution in [0.2, 0.25) is 0 Å². The molecule has 0 atom stereocenters. The molecule has 4 N–H and O–H groups in total. The lowest BCUT2D eigenvalue weighted by Crippen LogP contribution is -2.41. The second kappa shape index (κ2) is 5.93. The fraction of sp³-hybridized carbons (Fsp3) is 0.286. The Kier molecular flexibility index (Phi) is 4.38. The fourth-order valence-corrected chi connectivity index (χ4v) is 1.88. The van der Waals surface area contributed by atoms with E-state index in [2.05, 4.69) is 9.97 Å². The Balaban J connectivity index is 2.51. The third-order valence-electron chi connectivity index (χ3n) is 3.12. The average Bonchev–Trinajstić information content (AvgIpc) is 2.44. The first-order valence-electron chi connectivity index (χ1n) is 6.41. The van der Waals surface area contributed by atoms with E-state index in [9.17, 15) is 14.6 Å². The van der Waals surface area contributed by atoms with Gasteiger partial charge >= 0.3 is 0 Å². The summed E-state index contributed by atoms with van der Waals surface area (Å²) < 4.78 is 19.4. The van der Waals surface area contributed by atoms with Gasteiger partial charge in [0.25, 0.3) is 5.91 Å². The van der Waals surface area contributed by atoms with Gasteiger partial charge in [-0.2, -0.15) is 0 Å². The second-order valence-corrected chi connectivity index (χ2v) is 4.78. The van der Waals surface area contributed by atoms with Crippen molar-refractivity contribution in [2.45, 2.75) is 26.7 Å². The van der Waals surface area contributed by atoms with Gasteiger partial charge < -0.3 is 20.2 Å². The van der Waals surface area contributed by atoms with E-state index in [0.717, 1.165) is 11.8 Å². The van der Waals surface area contributed by atoms with E-state index in [-0.39, 0.29) is 11.6 Å². The maximum absolute atomic E-state index is 13.9. The predicted molar refractivity (Wildman–Crippen MR) is 73.8 cm³/mol. The molecule has 0 aliphatic rings. The molecule has 1 aromatic heterocycles. The molecule has 2 rings (SSSR count).